The molecule has 0 bridgehead atoms. The van der Waals surface area contributed by atoms with Crippen molar-refractivity contribution in [2.24, 2.45) is 0 Å². The standard InChI is InChI=1S/C30H32N4O3S/c1-2-23-8-3-4-9-26(23)22-33-18-7-19-34(21-20-33)30(35)25-13-15-27(16-14-25)32-38(36,37)28-12-5-10-24-11-6-17-31-29(24)28/h3-6,8-17,32H,2,7,18-22H2,1H3. The molecule has 7 nitrogen and oxygen atoms in total. The average molecular weight is 529 g/mol. The SMILES string of the molecule is CCc1ccccc1CN1CCCN(C(=O)c2ccc(NS(=O)(=O)c3cccc4cccnc34)cc2)CC1. The Labute approximate surface area is 224 Å². The molecule has 1 saturated heterocycles. The number of amides is 1. The number of aryl methyl sites for hydroxylation is 1. The number of aromatic nitrogens is 1. The number of anilines is 1. The van der Waals surface area contributed by atoms with Crippen LogP contribution in [0.3, 0.4) is 0 Å². The van der Waals surface area contributed by atoms with Crippen molar-refractivity contribution < 1.29 is 13.2 Å². The number of hydrogen-bond acceptors (Lipinski definition) is 5. The summed E-state index contributed by atoms with van der Waals surface area (Å²) in [5.41, 5.74) is 4.09. The largest absolute Gasteiger partial charge is 0.337 e. The van der Waals surface area contributed by atoms with Crippen LogP contribution in [0.4, 0.5) is 5.69 Å². The van der Waals surface area contributed by atoms with Gasteiger partial charge < -0.3 is 4.90 Å². The van der Waals surface area contributed by atoms with E-state index in [0.717, 1.165) is 37.9 Å². The number of carbonyl (C=O) groups is 1. The Morgan fingerprint density at radius 3 is 2.42 bits per heavy atom. The molecule has 3 aromatic carbocycles. The summed E-state index contributed by atoms with van der Waals surface area (Å²) < 4.78 is 28.8. The number of nitrogens with one attached hydrogen (secondary N) is 1. The summed E-state index contributed by atoms with van der Waals surface area (Å²) in [6, 6.07) is 23.9. The lowest BCUT2D eigenvalue weighted by atomic mass is 10.0. The number of sulfonamides is 1. The smallest absolute Gasteiger partial charge is 0.264 e. The van der Waals surface area contributed by atoms with E-state index >= 15 is 0 Å². The van der Waals surface area contributed by atoms with Crippen molar-refractivity contribution in [3.8, 4) is 0 Å². The van der Waals surface area contributed by atoms with Gasteiger partial charge in [0.15, 0.2) is 0 Å². The molecule has 1 aliphatic heterocycles. The highest BCUT2D eigenvalue weighted by Gasteiger charge is 2.22. The van der Waals surface area contributed by atoms with Crippen LogP contribution in [0.25, 0.3) is 10.9 Å². The summed E-state index contributed by atoms with van der Waals surface area (Å²) in [6.45, 7) is 6.21. The van der Waals surface area contributed by atoms with Gasteiger partial charge in [-0.15, -0.1) is 0 Å². The normalized spacial score (nSPS) is 14.8. The Morgan fingerprint density at radius 2 is 1.63 bits per heavy atom. The molecule has 1 aromatic heterocycles. The first-order valence-corrected chi connectivity index (χ1v) is 14.5. The molecule has 8 heteroatoms. The quantitative estimate of drug-likeness (QED) is 0.367. The molecule has 0 saturated carbocycles. The predicted molar refractivity (Wildman–Crippen MR) is 151 cm³/mol. The fourth-order valence-electron chi connectivity index (χ4n) is 5.00. The molecule has 2 heterocycles. The number of fused-ring (bicyclic) bond motifs is 1. The molecule has 1 N–H and O–H groups in total. The van der Waals surface area contributed by atoms with E-state index in [1.54, 1.807) is 48.7 Å². The van der Waals surface area contributed by atoms with Gasteiger partial charge in [-0.3, -0.25) is 19.4 Å². The Hall–Kier alpha value is -3.75. The molecule has 1 fully saturated rings. The third-order valence-corrected chi connectivity index (χ3v) is 8.45. The molecule has 1 amide bonds. The van der Waals surface area contributed by atoms with E-state index < -0.39 is 10.0 Å². The molecule has 0 radical (unpaired) electrons. The maximum atomic E-state index is 13.2. The van der Waals surface area contributed by atoms with E-state index in [-0.39, 0.29) is 10.8 Å². The van der Waals surface area contributed by atoms with Crippen molar-refractivity contribution in [1.82, 2.24) is 14.8 Å². The van der Waals surface area contributed by atoms with Gasteiger partial charge in [0.25, 0.3) is 15.9 Å². The minimum atomic E-state index is -3.85. The zero-order valence-corrected chi connectivity index (χ0v) is 22.3. The van der Waals surface area contributed by atoms with Crippen molar-refractivity contribution in [2.45, 2.75) is 31.2 Å². The van der Waals surface area contributed by atoms with Gasteiger partial charge in [-0.2, -0.15) is 0 Å². The fraction of sp³-hybridized carbons (Fsp3) is 0.267. The van der Waals surface area contributed by atoms with Crippen LogP contribution in [-0.2, 0) is 23.0 Å². The first-order valence-electron chi connectivity index (χ1n) is 13.0. The number of rotatable bonds is 7. The highest BCUT2D eigenvalue weighted by molar-refractivity contribution is 7.93. The van der Waals surface area contributed by atoms with Gasteiger partial charge in [0.05, 0.1) is 5.52 Å². The zero-order chi connectivity index (χ0) is 26.5. The van der Waals surface area contributed by atoms with E-state index in [2.05, 4.69) is 45.8 Å². The van der Waals surface area contributed by atoms with E-state index in [1.165, 1.54) is 11.1 Å². The monoisotopic (exact) mass is 528 g/mol. The maximum Gasteiger partial charge on any atom is 0.264 e. The van der Waals surface area contributed by atoms with E-state index in [4.69, 9.17) is 0 Å². The fourth-order valence-corrected chi connectivity index (χ4v) is 6.24. The van der Waals surface area contributed by atoms with Gasteiger partial charge in [0.1, 0.15) is 4.90 Å². The molecule has 0 atom stereocenters. The van der Waals surface area contributed by atoms with Gasteiger partial charge >= 0.3 is 0 Å². The molecular weight excluding hydrogens is 496 g/mol. The first kappa shape index (κ1) is 25.9. The average Bonchev–Trinajstić information content (AvgIpc) is 3.18. The second-order valence-electron chi connectivity index (χ2n) is 9.56. The predicted octanol–water partition coefficient (Wildman–Crippen LogP) is 4.95. The van der Waals surface area contributed by atoms with Crippen LogP contribution >= 0.6 is 0 Å². The molecule has 1 aliphatic rings. The van der Waals surface area contributed by atoms with Gasteiger partial charge in [0.2, 0.25) is 0 Å². The third-order valence-electron chi connectivity index (χ3n) is 7.04. The van der Waals surface area contributed by atoms with Crippen molar-refractivity contribution >= 4 is 32.5 Å². The maximum absolute atomic E-state index is 13.2. The Morgan fingerprint density at radius 1 is 0.868 bits per heavy atom. The second-order valence-corrected chi connectivity index (χ2v) is 11.2. The molecule has 196 valence electrons. The number of para-hydroxylation sites is 1. The molecule has 5 rings (SSSR count). The number of carbonyl (C=O) groups excluding carboxylic acids is 1. The third kappa shape index (κ3) is 5.71. The zero-order valence-electron chi connectivity index (χ0n) is 21.5. The Bertz CT molecular complexity index is 1530. The van der Waals surface area contributed by atoms with E-state index in [9.17, 15) is 13.2 Å². The summed E-state index contributed by atoms with van der Waals surface area (Å²) in [4.78, 5) is 21.9. The summed E-state index contributed by atoms with van der Waals surface area (Å²) in [5, 5.41) is 0.752. The second kappa shape index (κ2) is 11.3. The lowest BCUT2D eigenvalue weighted by Gasteiger charge is -2.23. The van der Waals surface area contributed by atoms with Crippen LogP contribution in [0.15, 0.2) is 90.0 Å². The molecule has 4 aromatic rings. The van der Waals surface area contributed by atoms with Gasteiger partial charge in [-0.25, -0.2) is 8.42 Å². The van der Waals surface area contributed by atoms with Crippen LogP contribution in [-0.4, -0.2) is 55.3 Å². The minimum absolute atomic E-state index is 0.0338. The van der Waals surface area contributed by atoms with Crippen molar-refractivity contribution in [3.63, 3.8) is 0 Å². The van der Waals surface area contributed by atoms with Crippen LogP contribution in [0, 0.1) is 0 Å². The van der Waals surface area contributed by atoms with Crippen molar-refractivity contribution in [1.29, 1.82) is 0 Å². The van der Waals surface area contributed by atoms with Crippen molar-refractivity contribution in [2.75, 3.05) is 30.9 Å². The highest BCUT2D eigenvalue weighted by Crippen LogP contribution is 2.24. The summed E-state index contributed by atoms with van der Waals surface area (Å²) >= 11 is 0. The lowest BCUT2D eigenvalue weighted by molar-refractivity contribution is 0.0761. The minimum Gasteiger partial charge on any atom is -0.337 e. The van der Waals surface area contributed by atoms with Crippen LogP contribution in [0.1, 0.15) is 34.8 Å². The summed E-state index contributed by atoms with van der Waals surface area (Å²) in [5.74, 6) is -0.0338. The highest BCUT2D eigenvalue weighted by atomic mass is 32.2. The molecule has 0 unspecified atom stereocenters. The number of pyridine rings is 1. The lowest BCUT2D eigenvalue weighted by Crippen LogP contribution is -2.35. The molecule has 38 heavy (non-hydrogen) atoms. The number of hydrogen-bond donors (Lipinski definition) is 1. The number of benzene rings is 3. The Balaban J connectivity index is 1.23. The van der Waals surface area contributed by atoms with E-state index in [0.29, 0.717) is 29.9 Å². The van der Waals surface area contributed by atoms with Crippen molar-refractivity contribution in [3.05, 3.63) is 102 Å². The van der Waals surface area contributed by atoms with Crippen LogP contribution < -0.4 is 4.72 Å². The van der Waals surface area contributed by atoms with Gasteiger partial charge in [-0.05, 0) is 60.4 Å². The van der Waals surface area contributed by atoms with E-state index in [1.807, 2.05) is 17.0 Å². The first-order chi connectivity index (χ1) is 18.4. The number of nitrogens with zero attached hydrogens (tertiary/aromatic N) is 3. The summed E-state index contributed by atoms with van der Waals surface area (Å²) in [6.07, 6.45) is 3.50. The molecular formula is C30H32N4O3S. The molecule has 0 spiro atoms. The molecule has 0 aliphatic carbocycles. The summed E-state index contributed by atoms with van der Waals surface area (Å²) in [7, 11) is -3.85. The van der Waals surface area contributed by atoms with Gasteiger partial charge in [-0.1, -0.05) is 49.4 Å². The van der Waals surface area contributed by atoms with Crippen LogP contribution in [0.2, 0.25) is 0 Å². The van der Waals surface area contributed by atoms with Crippen LogP contribution in [0.5, 0.6) is 0 Å². The van der Waals surface area contributed by atoms with Gasteiger partial charge in [0, 0.05) is 55.6 Å². The Kier molecular flexibility index (Phi) is 7.72. The topological polar surface area (TPSA) is 82.6 Å².